The number of carbonyl (C=O) groups excluding carboxylic acids is 3. The number of methoxy groups -OCH3 is 1. The van der Waals surface area contributed by atoms with Crippen LogP contribution in [-0.4, -0.2) is 59.3 Å². The fraction of sp³-hybridized carbons (Fsp3) is 0.500. The van der Waals surface area contributed by atoms with Gasteiger partial charge in [0.05, 0.1) is 25.3 Å². The lowest BCUT2D eigenvalue weighted by atomic mass is 10.0. The van der Waals surface area contributed by atoms with Gasteiger partial charge >= 0.3 is 12.1 Å². The fourth-order valence-corrected chi connectivity index (χ4v) is 3.78. The van der Waals surface area contributed by atoms with Gasteiger partial charge in [0, 0.05) is 25.1 Å². The van der Waals surface area contributed by atoms with Crippen LogP contribution in [-0.2, 0) is 26.9 Å². The van der Waals surface area contributed by atoms with E-state index in [0.29, 0.717) is 24.5 Å². The molecule has 1 saturated carbocycles. The number of carbonyl (C=O) groups is 3. The highest BCUT2D eigenvalue weighted by Crippen LogP contribution is 2.36. The third-order valence-corrected chi connectivity index (χ3v) is 5.74. The summed E-state index contributed by atoms with van der Waals surface area (Å²) in [5, 5.41) is 3.71. The van der Waals surface area contributed by atoms with Crippen molar-refractivity contribution in [1.82, 2.24) is 14.7 Å². The minimum atomic E-state index is -4.67. The predicted molar refractivity (Wildman–Crippen MR) is 123 cm³/mol. The molecule has 0 spiro atoms. The number of alkyl halides is 3. The second-order valence-electron chi connectivity index (χ2n) is 8.42. The largest absolute Gasteiger partial charge is 0.497 e. The van der Waals surface area contributed by atoms with Gasteiger partial charge in [0.2, 0.25) is 5.91 Å². The molecule has 0 radical (unpaired) electrons. The minimum Gasteiger partial charge on any atom is -0.497 e. The van der Waals surface area contributed by atoms with Gasteiger partial charge in [-0.1, -0.05) is 0 Å². The van der Waals surface area contributed by atoms with Crippen LogP contribution < -0.4 is 10.5 Å². The van der Waals surface area contributed by atoms with Gasteiger partial charge in [0.25, 0.3) is 5.91 Å². The summed E-state index contributed by atoms with van der Waals surface area (Å²) in [6, 6.07) is 6.22. The number of hydrogen-bond acceptors (Lipinski definition) is 6. The summed E-state index contributed by atoms with van der Waals surface area (Å²) >= 11 is 0. The third-order valence-electron chi connectivity index (χ3n) is 5.74. The molecular formula is C24H29F3N4O5. The molecule has 196 valence electrons. The summed E-state index contributed by atoms with van der Waals surface area (Å²) in [6.45, 7) is 2.72. The van der Waals surface area contributed by atoms with Crippen LogP contribution in [0.5, 0.6) is 5.75 Å². The van der Waals surface area contributed by atoms with E-state index in [1.807, 2.05) is 6.92 Å². The Balaban J connectivity index is 0.000000383. The maximum Gasteiger partial charge on any atom is 0.435 e. The van der Waals surface area contributed by atoms with Crippen LogP contribution in [0, 0.1) is 5.92 Å². The maximum absolute atomic E-state index is 13.5. The van der Waals surface area contributed by atoms with Gasteiger partial charge in [0.1, 0.15) is 11.4 Å². The number of primary amides is 1. The Morgan fingerprint density at radius 2 is 1.86 bits per heavy atom. The number of halogens is 3. The maximum atomic E-state index is 13.5. The Bertz CT molecular complexity index is 1090. The molecule has 2 aliphatic rings. The normalized spacial score (nSPS) is 15.0. The molecule has 1 fully saturated rings. The van der Waals surface area contributed by atoms with E-state index in [0.717, 1.165) is 17.5 Å². The van der Waals surface area contributed by atoms with Gasteiger partial charge in [-0.2, -0.15) is 18.3 Å². The van der Waals surface area contributed by atoms with E-state index in [2.05, 4.69) is 5.10 Å². The lowest BCUT2D eigenvalue weighted by molar-refractivity contribution is -0.144. The Kier molecular flexibility index (Phi) is 8.59. The number of rotatable bonds is 8. The summed E-state index contributed by atoms with van der Waals surface area (Å²) in [7, 11) is 1.47. The summed E-state index contributed by atoms with van der Waals surface area (Å²) in [4.78, 5) is 35.8. The zero-order valence-corrected chi connectivity index (χ0v) is 20.1. The third kappa shape index (κ3) is 6.55. The lowest BCUT2D eigenvalue weighted by Crippen LogP contribution is -2.39. The first-order chi connectivity index (χ1) is 17.1. The van der Waals surface area contributed by atoms with Crippen molar-refractivity contribution in [3.05, 3.63) is 41.2 Å². The van der Waals surface area contributed by atoms with Crippen molar-refractivity contribution >= 4 is 17.8 Å². The highest BCUT2D eigenvalue weighted by molar-refractivity contribution is 5.96. The van der Waals surface area contributed by atoms with E-state index in [-0.39, 0.29) is 49.1 Å². The molecule has 9 nitrogen and oxygen atoms in total. The first-order valence-electron chi connectivity index (χ1n) is 11.6. The number of nitrogens with zero attached hydrogens (tertiary/aromatic N) is 3. The fourth-order valence-electron chi connectivity index (χ4n) is 3.78. The number of amides is 2. The molecule has 36 heavy (non-hydrogen) atoms. The number of hydrogen-bond donors (Lipinski definition) is 1. The van der Waals surface area contributed by atoms with Gasteiger partial charge in [-0.3, -0.25) is 14.4 Å². The Labute approximate surface area is 206 Å². The molecule has 2 N–H and O–H groups in total. The average Bonchev–Trinajstić information content (AvgIpc) is 3.60. The molecule has 4 rings (SSSR count). The highest BCUT2D eigenvalue weighted by atomic mass is 19.4. The van der Waals surface area contributed by atoms with Crippen molar-refractivity contribution in [2.75, 3.05) is 26.8 Å². The number of esters is 1. The van der Waals surface area contributed by atoms with Crippen molar-refractivity contribution in [3.8, 4) is 11.4 Å². The van der Waals surface area contributed by atoms with Crippen LogP contribution in [0.3, 0.4) is 0 Å². The molecule has 0 unspecified atom stereocenters. The molecule has 0 atom stereocenters. The van der Waals surface area contributed by atoms with Gasteiger partial charge < -0.3 is 20.1 Å². The lowest BCUT2D eigenvalue weighted by Gasteiger charge is -2.27. The molecule has 1 aliphatic heterocycles. The van der Waals surface area contributed by atoms with Gasteiger partial charge in [-0.15, -0.1) is 0 Å². The van der Waals surface area contributed by atoms with Crippen molar-refractivity contribution in [2.45, 2.75) is 45.2 Å². The molecule has 0 saturated heterocycles. The topological polar surface area (TPSA) is 117 Å². The van der Waals surface area contributed by atoms with Crippen molar-refractivity contribution < 1.29 is 37.0 Å². The standard InChI is InChI=1S/C18H19F3N4O3.C6H10O2/c1-28-12-6-4-11(5-7-12)25-15-13(16(23-25)18(19,20)21)8-10-24(17(15)27)9-2-3-14(22)26;1-2-8-6(7)5-3-4-5/h4-7H,2-3,8-10H2,1H3,(H2,22,26);5H,2-4H2,1H3. The minimum absolute atomic E-state index is 0.00694. The zero-order valence-electron chi connectivity index (χ0n) is 20.1. The zero-order chi connectivity index (χ0) is 26.5. The molecule has 2 heterocycles. The molecule has 0 bridgehead atoms. The first kappa shape index (κ1) is 27.0. The number of ether oxygens (including phenoxy) is 2. The van der Waals surface area contributed by atoms with E-state index < -0.39 is 23.7 Å². The summed E-state index contributed by atoms with van der Waals surface area (Å²) in [5.41, 5.74) is 4.15. The Hall–Kier alpha value is -3.57. The quantitative estimate of drug-likeness (QED) is 0.546. The van der Waals surface area contributed by atoms with Crippen LogP contribution in [0.4, 0.5) is 13.2 Å². The van der Waals surface area contributed by atoms with E-state index in [9.17, 15) is 27.6 Å². The van der Waals surface area contributed by atoms with Gasteiger partial charge in [-0.05, 0) is 56.9 Å². The van der Waals surface area contributed by atoms with E-state index in [1.54, 1.807) is 12.1 Å². The SMILES string of the molecule is CCOC(=O)C1CC1.COc1ccc(-n2nc(C(F)(F)F)c3c2C(=O)N(CCCC(N)=O)CC3)cc1. The van der Waals surface area contributed by atoms with Crippen LogP contribution in [0.15, 0.2) is 24.3 Å². The predicted octanol–water partition coefficient (Wildman–Crippen LogP) is 3.12. The Morgan fingerprint density at radius 1 is 1.19 bits per heavy atom. The number of nitrogens with two attached hydrogens (primary N) is 1. The highest BCUT2D eigenvalue weighted by Gasteiger charge is 2.43. The van der Waals surface area contributed by atoms with E-state index >= 15 is 0 Å². The average molecular weight is 511 g/mol. The number of aromatic nitrogens is 2. The second kappa shape index (κ2) is 11.4. The molecule has 1 aromatic carbocycles. The molecular weight excluding hydrogens is 481 g/mol. The van der Waals surface area contributed by atoms with Gasteiger partial charge in [0.15, 0.2) is 5.69 Å². The van der Waals surface area contributed by atoms with Crippen LogP contribution >= 0.6 is 0 Å². The second-order valence-corrected chi connectivity index (χ2v) is 8.42. The number of benzene rings is 1. The number of fused-ring (bicyclic) bond motifs is 1. The summed E-state index contributed by atoms with van der Waals surface area (Å²) in [5.74, 6) is -0.264. The first-order valence-corrected chi connectivity index (χ1v) is 11.6. The van der Waals surface area contributed by atoms with Gasteiger partial charge in [-0.25, -0.2) is 4.68 Å². The van der Waals surface area contributed by atoms with Crippen LogP contribution in [0.1, 0.15) is 54.4 Å². The van der Waals surface area contributed by atoms with Crippen LogP contribution in [0.2, 0.25) is 0 Å². The van der Waals surface area contributed by atoms with E-state index in [1.165, 1.54) is 24.1 Å². The molecule has 12 heteroatoms. The molecule has 2 amide bonds. The molecule has 1 aliphatic carbocycles. The smallest absolute Gasteiger partial charge is 0.435 e. The van der Waals surface area contributed by atoms with Crippen molar-refractivity contribution in [1.29, 1.82) is 0 Å². The molecule has 1 aromatic heterocycles. The Morgan fingerprint density at radius 3 is 2.39 bits per heavy atom. The monoisotopic (exact) mass is 510 g/mol. The van der Waals surface area contributed by atoms with Crippen molar-refractivity contribution in [3.63, 3.8) is 0 Å². The molecule has 2 aromatic rings. The van der Waals surface area contributed by atoms with E-state index in [4.69, 9.17) is 15.2 Å². The summed E-state index contributed by atoms with van der Waals surface area (Å²) < 4.78 is 51.2. The van der Waals surface area contributed by atoms with Crippen LogP contribution in [0.25, 0.3) is 5.69 Å². The van der Waals surface area contributed by atoms with Crippen molar-refractivity contribution in [2.24, 2.45) is 11.7 Å². The summed E-state index contributed by atoms with van der Waals surface area (Å²) in [6.07, 6.45) is -2.11.